The van der Waals surface area contributed by atoms with Gasteiger partial charge in [0, 0.05) is 5.56 Å². The van der Waals surface area contributed by atoms with Crippen LogP contribution in [0.4, 0.5) is 11.0 Å². The normalized spacial score (nSPS) is 11.2. The van der Waals surface area contributed by atoms with Crippen LogP contribution in [0.3, 0.4) is 0 Å². The first-order valence-corrected chi connectivity index (χ1v) is 9.38. The maximum atomic E-state index is 13.1. The van der Waals surface area contributed by atoms with Crippen molar-refractivity contribution in [2.75, 3.05) is 5.01 Å². The molecule has 0 saturated heterocycles. The number of anilines is 1. The summed E-state index contributed by atoms with van der Waals surface area (Å²) in [5.74, 6) is -0.624. The van der Waals surface area contributed by atoms with Gasteiger partial charge in [-0.15, -0.1) is 0 Å². The van der Waals surface area contributed by atoms with E-state index in [2.05, 4.69) is 10.1 Å². The quantitative estimate of drug-likeness (QED) is 0.269. The number of carbonyl (C=O) groups excluding carboxylic acids is 1. The molecule has 0 fully saturated rings. The first kappa shape index (κ1) is 18.5. The van der Waals surface area contributed by atoms with Crippen LogP contribution in [0.2, 0.25) is 0 Å². The number of hydrazone groups is 1. The van der Waals surface area contributed by atoms with E-state index in [1.165, 1.54) is 34.7 Å². The zero-order chi connectivity index (χ0) is 20.4. The zero-order valence-electron chi connectivity index (χ0n) is 15.2. The van der Waals surface area contributed by atoms with E-state index >= 15 is 0 Å². The molecule has 0 aliphatic rings. The Morgan fingerprint density at radius 3 is 2.72 bits per heavy atom. The standard InChI is InChI=1S/C20H14N4O4S/c1-13-7-9-16-17(11-13)29-20(22-16)23(19(25)14-5-3-2-4-6-14)21-12-15-8-10-18(28-15)24(26)27/h2-12H,1H3/b21-12+. The number of nitro groups is 1. The maximum absolute atomic E-state index is 13.1. The number of benzene rings is 2. The Bertz CT molecular complexity index is 1230. The fourth-order valence-electron chi connectivity index (χ4n) is 2.63. The lowest BCUT2D eigenvalue weighted by molar-refractivity contribution is -0.402. The van der Waals surface area contributed by atoms with Crippen molar-refractivity contribution in [3.63, 3.8) is 0 Å². The number of rotatable bonds is 5. The predicted molar refractivity (Wildman–Crippen MR) is 111 cm³/mol. The van der Waals surface area contributed by atoms with Crippen LogP contribution in [-0.2, 0) is 0 Å². The lowest BCUT2D eigenvalue weighted by Crippen LogP contribution is -2.25. The van der Waals surface area contributed by atoms with Crippen molar-refractivity contribution in [1.82, 2.24) is 4.98 Å². The van der Waals surface area contributed by atoms with Gasteiger partial charge in [-0.1, -0.05) is 35.6 Å². The Morgan fingerprint density at radius 1 is 1.21 bits per heavy atom. The van der Waals surface area contributed by atoms with Gasteiger partial charge in [-0.25, -0.2) is 4.98 Å². The number of fused-ring (bicyclic) bond motifs is 1. The van der Waals surface area contributed by atoms with E-state index in [4.69, 9.17) is 4.42 Å². The topological polar surface area (TPSA) is 102 Å². The summed E-state index contributed by atoms with van der Waals surface area (Å²) < 4.78 is 6.01. The van der Waals surface area contributed by atoms with Gasteiger partial charge in [-0.2, -0.15) is 10.1 Å². The Kier molecular flexibility index (Phi) is 4.88. The molecule has 9 heteroatoms. The van der Waals surface area contributed by atoms with Gasteiger partial charge in [-0.3, -0.25) is 14.9 Å². The predicted octanol–water partition coefficient (Wildman–Crippen LogP) is 4.79. The zero-order valence-corrected chi connectivity index (χ0v) is 16.0. The number of aryl methyl sites for hydroxylation is 1. The van der Waals surface area contributed by atoms with E-state index in [0.717, 1.165) is 15.8 Å². The van der Waals surface area contributed by atoms with Gasteiger partial charge in [0.15, 0.2) is 5.76 Å². The van der Waals surface area contributed by atoms with Gasteiger partial charge in [0.25, 0.3) is 5.91 Å². The molecule has 2 heterocycles. The van der Waals surface area contributed by atoms with Crippen LogP contribution in [-0.4, -0.2) is 22.0 Å². The summed E-state index contributed by atoms with van der Waals surface area (Å²) in [5, 5.41) is 16.6. The number of carbonyl (C=O) groups is 1. The molecule has 4 rings (SSSR count). The number of hydrogen-bond donors (Lipinski definition) is 0. The van der Waals surface area contributed by atoms with E-state index in [1.807, 2.05) is 31.2 Å². The molecule has 8 nitrogen and oxygen atoms in total. The number of amides is 1. The van der Waals surface area contributed by atoms with Crippen molar-refractivity contribution in [3.05, 3.63) is 87.7 Å². The molecule has 0 atom stereocenters. The van der Waals surface area contributed by atoms with Gasteiger partial charge < -0.3 is 4.42 Å². The van der Waals surface area contributed by atoms with Crippen LogP contribution in [0.1, 0.15) is 21.7 Å². The van der Waals surface area contributed by atoms with Gasteiger partial charge in [-0.05, 0) is 42.8 Å². The van der Waals surface area contributed by atoms with E-state index in [-0.39, 0.29) is 11.7 Å². The first-order valence-electron chi connectivity index (χ1n) is 8.56. The van der Waals surface area contributed by atoms with Crippen LogP contribution in [0.5, 0.6) is 0 Å². The molecule has 2 aromatic heterocycles. The molecule has 0 unspecified atom stereocenters. The highest BCUT2D eigenvalue weighted by atomic mass is 32.1. The van der Waals surface area contributed by atoms with Gasteiger partial charge >= 0.3 is 5.88 Å². The molecule has 0 aliphatic heterocycles. The third-order valence-electron chi connectivity index (χ3n) is 4.02. The minimum absolute atomic E-state index is 0.152. The minimum Gasteiger partial charge on any atom is -0.400 e. The third-order valence-corrected chi connectivity index (χ3v) is 5.01. The molecule has 4 aromatic rings. The monoisotopic (exact) mass is 406 g/mol. The smallest absolute Gasteiger partial charge is 0.400 e. The summed E-state index contributed by atoms with van der Waals surface area (Å²) in [5.41, 5.74) is 2.27. The summed E-state index contributed by atoms with van der Waals surface area (Å²) in [4.78, 5) is 27.7. The van der Waals surface area contributed by atoms with Crippen molar-refractivity contribution in [3.8, 4) is 0 Å². The SMILES string of the molecule is Cc1ccc2nc(N(/N=C/c3ccc([N+](=O)[O-])o3)C(=O)c3ccccc3)sc2c1. The summed E-state index contributed by atoms with van der Waals surface area (Å²) in [6, 6.07) is 17.1. The molecule has 29 heavy (non-hydrogen) atoms. The maximum Gasteiger partial charge on any atom is 0.433 e. The lowest BCUT2D eigenvalue weighted by atomic mass is 10.2. The van der Waals surface area contributed by atoms with E-state index in [1.54, 1.807) is 24.3 Å². The van der Waals surface area contributed by atoms with Crippen LogP contribution < -0.4 is 5.01 Å². The van der Waals surface area contributed by atoms with E-state index in [9.17, 15) is 14.9 Å². The molecule has 0 aliphatic carbocycles. The van der Waals surface area contributed by atoms with Crippen LogP contribution >= 0.6 is 11.3 Å². The Morgan fingerprint density at radius 2 is 2.00 bits per heavy atom. The van der Waals surface area contributed by atoms with Crippen molar-refractivity contribution < 1.29 is 14.1 Å². The molecule has 0 radical (unpaired) electrons. The molecule has 0 saturated carbocycles. The van der Waals surface area contributed by atoms with Crippen molar-refractivity contribution in [2.24, 2.45) is 5.10 Å². The molecular formula is C20H14N4O4S. The molecule has 144 valence electrons. The molecule has 1 amide bonds. The van der Waals surface area contributed by atoms with Crippen molar-refractivity contribution in [1.29, 1.82) is 0 Å². The first-order chi connectivity index (χ1) is 14.0. The highest BCUT2D eigenvalue weighted by molar-refractivity contribution is 7.22. The second-order valence-corrected chi connectivity index (χ2v) is 7.14. The molecular weight excluding hydrogens is 392 g/mol. The fraction of sp³-hybridized carbons (Fsp3) is 0.0500. The van der Waals surface area contributed by atoms with Crippen LogP contribution in [0, 0.1) is 17.0 Å². The Labute approximate surface area is 168 Å². The van der Waals surface area contributed by atoms with Crippen molar-refractivity contribution >= 4 is 44.7 Å². The number of aromatic nitrogens is 1. The number of thiazole rings is 1. The lowest BCUT2D eigenvalue weighted by Gasteiger charge is -2.13. The Hall–Kier alpha value is -3.85. The highest BCUT2D eigenvalue weighted by Gasteiger charge is 2.21. The minimum atomic E-state index is -0.639. The molecule has 0 bridgehead atoms. The average molecular weight is 406 g/mol. The molecule has 0 spiro atoms. The number of hydrogen-bond acceptors (Lipinski definition) is 7. The summed E-state index contributed by atoms with van der Waals surface area (Å²) in [6.45, 7) is 1.98. The molecule has 0 N–H and O–H groups in total. The summed E-state index contributed by atoms with van der Waals surface area (Å²) >= 11 is 1.33. The van der Waals surface area contributed by atoms with Crippen LogP contribution in [0.15, 0.2) is 70.2 Å². The largest absolute Gasteiger partial charge is 0.433 e. The van der Waals surface area contributed by atoms with Crippen molar-refractivity contribution in [2.45, 2.75) is 6.92 Å². The summed E-state index contributed by atoms with van der Waals surface area (Å²) in [6.07, 6.45) is 1.26. The average Bonchev–Trinajstić information content (AvgIpc) is 3.35. The third kappa shape index (κ3) is 3.90. The van der Waals surface area contributed by atoms with Gasteiger partial charge in [0.1, 0.15) is 4.92 Å². The second kappa shape index (κ2) is 7.64. The number of nitrogens with zero attached hydrogens (tertiary/aromatic N) is 4. The van der Waals surface area contributed by atoms with Gasteiger partial charge in [0.05, 0.1) is 22.5 Å². The Balaban J connectivity index is 1.74. The van der Waals surface area contributed by atoms with Gasteiger partial charge in [0.2, 0.25) is 5.13 Å². The van der Waals surface area contributed by atoms with E-state index in [0.29, 0.717) is 10.7 Å². The summed E-state index contributed by atoms with van der Waals surface area (Å²) in [7, 11) is 0. The highest BCUT2D eigenvalue weighted by Crippen LogP contribution is 2.30. The molecule has 2 aromatic carbocycles. The fourth-order valence-corrected chi connectivity index (χ4v) is 3.65. The van der Waals surface area contributed by atoms with E-state index < -0.39 is 10.8 Å². The second-order valence-electron chi connectivity index (χ2n) is 6.13. The number of furan rings is 1. The van der Waals surface area contributed by atoms with Crippen LogP contribution in [0.25, 0.3) is 10.2 Å².